The molecule has 18 heavy (non-hydrogen) atoms. The predicted molar refractivity (Wildman–Crippen MR) is 65.7 cm³/mol. The first-order valence-electron chi connectivity index (χ1n) is 5.78. The van der Waals surface area contributed by atoms with Crippen LogP contribution in [0, 0.1) is 11.6 Å². The summed E-state index contributed by atoms with van der Waals surface area (Å²) in [6, 6.07) is 3.60. The van der Waals surface area contributed by atoms with E-state index in [1.54, 1.807) is 13.8 Å². The SMILES string of the molecule is CCN(Cc1ccc(F)c(F)c1)C(=O)C(C)(C)N. The highest BCUT2D eigenvalue weighted by Crippen LogP contribution is 2.13. The zero-order chi connectivity index (χ0) is 13.9. The topological polar surface area (TPSA) is 46.3 Å². The molecule has 0 heterocycles. The predicted octanol–water partition coefficient (Wildman–Crippen LogP) is 2.05. The van der Waals surface area contributed by atoms with Gasteiger partial charge in [-0.3, -0.25) is 4.79 Å². The molecule has 100 valence electrons. The van der Waals surface area contributed by atoms with E-state index in [1.165, 1.54) is 11.0 Å². The van der Waals surface area contributed by atoms with E-state index < -0.39 is 17.2 Å². The monoisotopic (exact) mass is 256 g/mol. The molecule has 0 aliphatic carbocycles. The number of amides is 1. The van der Waals surface area contributed by atoms with Gasteiger partial charge in [0.1, 0.15) is 0 Å². The summed E-state index contributed by atoms with van der Waals surface area (Å²) in [7, 11) is 0. The van der Waals surface area contributed by atoms with Crippen LogP contribution < -0.4 is 5.73 Å². The molecule has 0 spiro atoms. The molecule has 0 atom stereocenters. The molecular weight excluding hydrogens is 238 g/mol. The molecule has 1 aromatic carbocycles. The number of hydrogen-bond donors (Lipinski definition) is 1. The molecule has 0 aromatic heterocycles. The number of carbonyl (C=O) groups excluding carboxylic acids is 1. The van der Waals surface area contributed by atoms with Gasteiger partial charge in [-0.25, -0.2) is 8.78 Å². The number of benzene rings is 1. The maximum absolute atomic E-state index is 13.1. The molecule has 0 unspecified atom stereocenters. The third-order valence-electron chi connectivity index (χ3n) is 2.58. The molecule has 0 aliphatic rings. The lowest BCUT2D eigenvalue weighted by molar-refractivity contribution is -0.136. The summed E-state index contributed by atoms with van der Waals surface area (Å²) in [6.07, 6.45) is 0. The largest absolute Gasteiger partial charge is 0.337 e. The van der Waals surface area contributed by atoms with Crippen LogP contribution in [0.25, 0.3) is 0 Å². The third-order valence-corrected chi connectivity index (χ3v) is 2.58. The van der Waals surface area contributed by atoms with Gasteiger partial charge in [0.25, 0.3) is 0 Å². The number of rotatable bonds is 4. The van der Waals surface area contributed by atoms with Gasteiger partial charge in [0.2, 0.25) is 5.91 Å². The average Bonchev–Trinajstić information content (AvgIpc) is 2.28. The summed E-state index contributed by atoms with van der Waals surface area (Å²) in [4.78, 5) is 13.5. The molecule has 0 saturated carbocycles. The van der Waals surface area contributed by atoms with Gasteiger partial charge in [-0.2, -0.15) is 0 Å². The van der Waals surface area contributed by atoms with Crippen LogP contribution in [0.5, 0.6) is 0 Å². The Kier molecular flexibility index (Phi) is 4.40. The summed E-state index contributed by atoms with van der Waals surface area (Å²) in [6.45, 7) is 5.71. The number of halogens is 2. The lowest BCUT2D eigenvalue weighted by atomic mass is 10.0. The smallest absolute Gasteiger partial charge is 0.242 e. The van der Waals surface area contributed by atoms with Gasteiger partial charge in [-0.1, -0.05) is 6.07 Å². The van der Waals surface area contributed by atoms with E-state index in [4.69, 9.17) is 5.73 Å². The van der Waals surface area contributed by atoms with Crippen molar-refractivity contribution in [1.29, 1.82) is 0 Å². The number of hydrogen-bond acceptors (Lipinski definition) is 2. The van der Waals surface area contributed by atoms with Crippen molar-refractivity contribution in [2.45, 2.75) is 32.9 Å². The molecule has 2 N–H and O–H groups in total. The van der Waals surface area contributed by atoms with Crippen molar-refractivity contribution in [1.82, 2.24) is 4.90 Å². The van der Waals surface area contributed by atoms with Crippen LogP contribution >= 0.6 is 0 Å². The molecule has 0 bridgehead atoms. The zero-order valence-corrected chi connectivity index (χ0v) is 10.8. The summed E-state index contributed by atoms with van der Waals surface area (Å²) in [5, 5.41) is 0. The molecule has 0 radical (unpaired) electrons. The van der Waals surface area contributed by atoms with Crippen molar-refractivity contribution in [3.8, 4) is 0 Å². The van der Waals surface area contributed by atoms with Crippen molar-refractivity contribution >= 4 is 5.91 Å². The number of nitrogens with two attached hydrogens (primary N) is 1. The average molecular weight is 256 g/mol. The first kappa shape index (κ1) is 14.6. The Bertz CT molecular complexity index is 441. The summed E-state index contributed by atoms with van der Waals surface area (Å²) in [5.74, 6) is -2.04. The van der Waals surface area contributed by atoms with Gasteiger partial charge in [-0.05, 0) is 38.5 Å². The minimum Gasteiger partial charge on any atom is -0.337 e. The van der Waals surface area contributed by atoms with Crippen LogP contribution in [-0.4, -0.2) is 22.9 Å². The first-order valence-corrected chi connectivity index (χ1v) is 5.78. The lowest BCUT2D eigenvalue weighted by Gasteiger charge is -2.28. The molecule has 1 amide bonds. The van der Waals surface area contributed by atoms with Crippen molar-refractivity contribution in [3.05, 3.63) is 35.4 Å². The highest BCUT2D eigenvalue weighted by Gasteiger charge is 2.27. The van der Waals surface area contributed by atoms with E-state index >= 15 is 0 Å². The van der Waals surface area contributed by atoms with Gasteiger partial charge in [0.05, 0.1) is 5.54 Å². The standard InChI is InChI=1S/C13H18F2N2O/c1-4-17(12(18)13(2,3)16)8-9-5-6-10(14)11(15)7-9/h5-7H,4,8,16H2,1-3H3. The molecule has 0 fully saturated rings. The van der Waals surface area contributed by atoms with E-state index in [0.29, 0.717) is 12.1 Å². The quantitative estimate of drug-likeness (QED) is 0.896. The number of carbonyl (C=O) groups is 1. The van der Waals surface area contributed by atoms with Crippen molar-refractivity contribution in [2.75, 3.05) is 6.54 Å². The molecule has 0 aliphatic heterocycles. The van der Waals surface area contributed by atoms with E-state index in [-0.39, 0.29) is 12.5 Å². The Morgan fingerprint density at radius 3 is 2.39 bits per heavy atom. The molecular formula is C13H18F2N2O. The van der Waals surface area contributed by atoms with Crippen LogP contribution in [0.3, 0.4) is 0 Å². The summed E-state index contributed by atoms with van der Waals surface area (Å²) in [5.41, 5.74) is 5.30. The van der Waals surface area contributed by atoms with Crippen LogP contribution in [-0.2, 0) is 11.3 Å². The van der Waals surface area contributed by atoms with Crippen LogP contribution in [0.15, 0.2) is 18.2 Å². The second-order valence-corrected chi connectivity index (χ2v) is 4.79. The first-order chi connectivity index (χ1) is 8.25. The highest BCUT2D eigenvalue weighted by atomic mass is 19.2. The van der Waals surface area contributed by atoms with Gasteiger partial charge < -0.3 is 10.6 Å². The van der Waals surface area contributed by atoms with E-state index in [0.717, 1.165) is 12.1 Å². The number of likely N-dealkylation sites (N-methyl/N-ethyl adjacent to an activating group) is 1. The van der Waals surface area contributed by atoms with Crippen LogP contribution in [0.2, 0.25) is 0 Å². The fourth-order valence-electron chi connectivity index (χ4n) is 1.59. The van der Waals surface area contributed by atoms with E-state index in [2.05, 4.69) is 0 Å². The Morgan fingerprint density at radius 2 is 1.94 bits per heavy atom. The van der Waals surface area contributed by atoms with Crippen LogP contribution in [0.1, 0.15) is 26.3 Å². The van der Waals surface area contributed by atoms with Gasteiger partial charge in [0.15, 0.2) is 11.6 Å². The maximum atomic E-state index is 13.1. The second kappa shape index (κ2) is 5.44. The second-order valence-electron chi connectivity index (χ2n) is 4.79. The molecule has 0 saturated heterocycles. The normalized spacial score (nSPS) is 11.4. The van der Waals surface area contributed by atoms with E-state index in [1.807, 2.05) is 6.92 Å². The minimum atomic E-state index is -0.978. The Hall–Kier alpha value is -1.49. The van der Waals surface area contributed by atoms with Crippen molar-refractivity contribution in [3.63, 3.8) is 0 Å². The van der Waals surface area contributed by atoms with Gasteiger partial charge in [-0.15, -0.1) is 0 Å². The Morgan fingerprint density at radius 1 is 1.33 bits per heavy atom. The Balaban J connectivity index is 2.86. The van der Waals surface area contributed by atoms with Gasteiger partial charge >= 0.3 is 0 Å². The summed E-state index contributed by atoms with van der Waals surface area (Å²) < 4.78 is 25.9. The summed E-state index contributed by atoms with van der Waals surface area (Å²) >= 11 is 0. The maximum Gasteiger partial charge on any atom is 0.242 e. The van der Waals surface area contributed by atoms with Crippen molar-refractivity contribution in [2.24, 2.45) is 5.73 Å². The minimum absolute atomic E-state index is 0.215. The van der Waals surface area contributed by atoms with Crippen molar-refractivity contribution < 1.29 is 13.6 Å². The van der Waals surface area contributed by atoms with Crippen LogP contribution in [0.4, 0.5) is 8.78 Å². The van der Waals surface area contributed by atoms with Gasteiger partial charge in [0, 0.05) is 13.1 Å². The fraction of sp³-hybridized carbons (Fsp3) is 0.462. The fourth-order valence-corrected chi connectivity index (χ4v) is 1.59. The van der Waals surface area contributed by atoms with E-state index in [9.17, 15) is 13.6 Å². The molecule has 3 nitrogen and oxygen atoms in total. The molecule has 1 rings (SSSR count). The number of nitrogens with zero attached hydrogens (tertiary/aromatic N) is 1. The third kappa shape index (κ3) is 3.50. The molecule has 5 heteroatoms. The highest BCUT2D eigenvalue weighted by molar-refractivity contribution is 5.85. The Labute approximate surface area is 106 Å². The zero-order valence-electron chi connectivity index (χ0n) is 10.8. The lowest BCUT2D eigenvalue weighted by Crippen LogP contribution is -2.50. The molecule has 1 aromatic rings.